The lowest BCUT2D eigenvalue weighted by Crippen LogP contribution is -2.42. The number of alkyl halides is 3. The van der Waals surface area contributed by atoms with E-state index in [0.29, 0.717) is 127 Å². The van der Waals surface area contributed by atoms with Crippen LogP contribution in [0.3, 0.4) is 0 Å². The molecule has 1 fully saturated rings. The standard InChI is InChI=1S/C24H18BrClN2O4S.C22H12BrCl2NO3S2.C20H10BrCl2F3N2O4S.C16H12BrCl2NO3S.C15H10BrCl2NO3S.CO2/c25-18-13-19(26)23(29)22(14-18)33(31,32)28-20(15-5-2-1-3-6-15)11-16-7-8-17(12-21(16)28)24(30)27-9-4-10-27;23-14-10-16(25)22(27)21(11-14)31(28,29)26-17-6-5-15(24)7-13(17)8-18(26)20-9-12-3-1-2-4-19(12)30-20;21-12-7-14(23)19(29)17(8-12)33(30,31)28-15-3-2-13(22)5-11(15)6-16(28)10-1-4-18(27-9-10)32-20(24,25)26;1-8-3-14-10(5-12(8)18)4-9(2)20(14)24(22,23)15-7-11(17)6-13(19)16(15)21;1-8-7-19(13-3-2-10(17)6-11(8)13)23(21,22)14-5-9(16)4-12(18)15(14)20;2-1-3/h1-3,5-8,11-14,29H,4,9-10H2;1-11,27H;1-9,29H;3-7,21H,1-2H3;2-7,20H,1H3;. The number of likely N-dealkylation sites (tertiary alicyclic amines) is 1. The minimum atomic E-state index is -4.93. The van der Waals surface area contributed by atoms with Crippen LogP contribution in [0.25, 0.3) is 97.7 Å². The highest BCUT2D eigenvalue weighted by atomic mass is 79.9. The van der Waals surface area contributed by atoms with Gasteiger partial charge in [-0.1, -0.05) is 239 Å². The molecule has 0 saturated carbocycles. The van der Waals surface area contributed by atoms with Crippen LogP contribution in [0.2, 0.25) is 45.2 Å². The molecule has 12 aromatic carbocycles. The first-order chi connectivity index (χ1) is 69.1. The highest BCUT2D eigenvalue weighted by molar-refractivity contribution is 9.11. The number of ether oxygens (including phenoxy) is 1. The van der Waals surface area contributed by atoms with Crippen molar-refractivity contribution < 1.29 is 99.9 Å². The van der Waals surface area contributed by atoms with Crippen molar-refractivity contribution in [2.24, 2.45) is 0 Å². The summed E-state index contributed by atoms with van der Waals surface area (Å²) in [5.74, 6) is -3.50. The number of phenolic OH excluding ortho intramolecular Hbond substituents is 5. The Morgan fingerprint density at radius 2 is 0.803 bits per heavy atom. The lowest BCUT2D eigenvalue weighted by molar-refractivity contribution is -0.276. The molecule has 20 rings (SSSR count). The zero-order chi connectivity index (χ0) is 107. The highest BCUT2D eigenvalue weighted by Gasteiger charge is 2.37. The number of aromatic nitrogens is 6. The minimum Gasteiger partial charge on any atom is -0.505 e. The van der Waals surface area contributed by atoms with E-state index in [-0.39, 0.29) is 73.5 Å². The predicted octanol–water partition coefficient (Wildman–Crippen LogP) is 29.3. The molecule has 147 heavy (non-hydrogen) atoms. The average Bonchev–Trinajstić information content (AvgIpc) is 1.59. The van der Waals surface area contributed by atoms with E-state index in [1.807, 2.05) is 48.5 Å². The third kappa shape index (κ3) is 22.8. The van der Waals surface area contributed by atoms with Gasteiger partial charge in [-0.3, -0.25) is 4.79 Å². The van der Waals surface area contributed by atoms with E-state index < -0.39 is 96.0 Å². The summed E-state index contributed by atoms with van der Waals surface area (Å²) >= 11 is 71.8. The molecule has 8 heterocycles. The topological polar surface area (TPSA) is 373 Å². The van der Waals surface area contributed by atoms with Crippen molar-refractivity contribution in [3.05, 3.63) is 345 Å². The van der Waals surface area contributed by atoms with E-state index >= 15 is 0 Å². The number of hydrogen-bond donors (Lipinski definition) is 5. The van der Waals surface area contributed by atoms with Gasteiger partial charge in [-0.05, 0) is 231 Å². The van der Waals surface area contributed by atoms with Crippen molar-refractivity contribution in [1.29, 1.82) is 0 Å². The van der Waals surface area contributed by atoms with E-state index in [2.05, 4.69) is 89.4 Å². The molecule has 0 bridgehead atoms. The number of hydrogen-bond acceptors (Lipinski definition) is 21. The van der Waals surface area contributed by atoms with Crippen LogP contribution in [0.4, 0.5) is 13.2 Å². The second-order valence-corrected chi connectivity index (χ2v) is 50.1. The Morgan fingerprint density at radius 1 is 0.395 bits per heavy atom. The Balaban J connectivity index is 0.000000138. The van der Waals surface area contributed by atoms with Gasteiger partial charge in [-0.2, -0.15) is 9.59 Å². The van der Waals surface area contributed by atoms with Crippen molar-refractivity contribution in [3.63, 3.8) is 0 Å². The highest BCUT2D eigenvalue weighted by Crippen LogP contribution is 2.48. The Labute approximate surface area is 925 Å². The Kier molecular flexibility index (Phi) is 33.1. The zero-order valence-electron chi connectivity index (χ0n) is 74.3. The molecule has 26 nitrogen and oxygen atoms in total. The quantitative estimate of drug-likeness (QED) is 0.0636. The maximum Gasteiger partial charge on any atom is 0.574 e. The molecular formula is C98H62Br5Cl9F3N7O19S6. The fraction of sp³-hybridized carbons (Fsp3) is 0.0714. The summed E-state index contributed by atoms with van der Waals surface area (Å²) in [7, 11) is -21.0. The number of benzene rings is 12. The number of pyridine rings is 1. The molecule has 0 aliphatic carbocycles. The SMILES string of the molecule is Cc1cc2c(cc1Cl)cc(C)n2S(=O)(=O)c1cc(Br)cc(Cl)c1O.Cc1cn(S(=O)(=O)c2cc(Br)cc(Cl)c2O)c2ccc(Cl)cc12.O=C(c1ccc2cc(-c3ccccc3)n(S(=O)(=O)c3cc(Br)cc(Cl)c3O)c2c1)N1CCC1.O=C=O.O=S(=O)(c1cc(Br)cc(Cl)c1O)n1c(-c2cc3ccccc3s2)cc2cc(Cl)ccc21.O=S(=O)(c1cc(Br)cc(Cl)c1O)n1c(-c2ccc(OC(F)(F)F)nc2)cc2cc(Cl)ccc21. The van der Waals surface area contributed by atoms with Crippen LogP contribution in [0.1, 0.15) is 33.6 Å². The summed E-state index contributed by atoms with van der Waals surface area (Å²) in [5.41, 5.74) is 6.19. The van der Waals surface area contributed by atoms with Gasteiger partial charge in [0.25, 0.3) is 56.0 Å². The minimum absolute atomic E-state index is 0.0451. The van der Waals surface area contributed by atoms with Crippen LogP contribution < -0.4 is 4.74 Å². The molecule has 0 atom stereocenters. The van der Waals surface area contributed by atoms with Gasteiger partial charge in [0.15, 0.2) is 28.7 Å². The van der Waals surface area contributed by atoms with Gasteiger partial charge in [0.1, 0.15) is 24.5 Å². The molecule has 758 valence electrons. The summed E-state index contributed by atoms with van der Waals surface area (Å²) in [4.78, 5) is 33.5. The summed E-state index contributed by atoms with van der Waals surface area (Å²) in [6, 6.07) is 64.2. The number of halogens is 17. The first kappa shape index (κ1) is 111. The first-order valence-corrected chi connectivity index (χ1v) is 57.1. The van der Waals surface area contributed by atoms with Gasteiger partial charge in [-0.25, -0.2) is 66.9 Å². The molecule has 49 heteroatoms. The number of aryl methyl sites for hydroxylation is 3. The average molecular weight is 2610 g/mol. The molecule has 1 saturated heterocycles. The van der Waals surface area contributed by atoms with E-state index in [0.717, 1.165) is 58.1 Å². The van der Waals surface area contributed by atoms with Gasteiger partial charge in [0.2, 0.25) is 5.88 Å². The summed E-state index contributed by atoms with van der Waals surface area (Å²) < 4.78 is 185. The molecule has 7 aromatic heterocycles. The van der Waals surface area contributed by atoms with Gasteiger partial charge >= 0.3 is 12.5 Å². The number of amides is 1. The van der Waals surface area contributed by atoms with Crippen LogP contribution in [0.5, 0.6) is 34.6 Å². The molecular weight excluding hydrogens is 2550 g/mol. The van der Waals surface area contributed by atoms with E-state index in [1.165, 1.54) is 120 Å². The maximum atomic E-state index is 13.9. The Hall–Kier alpha value is -10.4. The summed E-state index contributed by atoms with van der Waals surface area (Å²) in [5, 5.41) is 57.3. The van der Waals surface area contributed by atoms with Gasteiger partial charge in [0.05, 0.1) is 74.7 Å². The number of fused-ring (bicyclic) bond motifs is 6. The van der Waals surface area contributed by atoms with Crippen LogP contribution >= 0.6 is 195 Å². The molecule has 1 amide bonds. The molecule has 19 aromatic rings. The van der Waals surface area contributed by atoms with Gasteiger partial charge in [-0.15, -0.1) is 24.5 Å². The summed E-state index contributed by atoms with van der Waals surface area (Å²) in [6.45, 7) is 6.65. The fourth-order valence-corrected chi connectivity index (χ4v) is 30.7. The number of carbonyl (C=O) groups is 1. The predicted molar refractivity (Wildman–Crippen MR) is 583 cm³/mol. The zero-order valence-corrected chi connectivity index (χ0v) is 94.0. The van der Waals surface area contributed by atoms with E-state index in [4.69, 9.17) is 114 Å². The van der Waals surface area contributed by atoms with Crippen molar-refractivity contribution >= 4 is 322 Å². The number of aromatic hydroxyl groups is 5. The second-order valence-electron chi connectivity index (χ2n) is 31.9. The third-order valence-electron chi connectivity index (χ3n) is 22.3. The number of nitrogens with zero attached hydrogens (tertiary/aromatic N) is 7. The van der Waals surface area contributed by atoms with Crippen LogP contribution in [-0.4, -0.2) is 129 Å². The van der Waals surface area contributed by atoms with Gasteiger partial charge < -0.3 is 35.2 Å². The molecule has 1 aliphatic heterocycles. The molecule has 0 unspecified atom stereocenters. The van der Waals surface area contributed by atoms with Crippen molar-refractivity contribution in [2.45, 2.75) is 58.0 Å². The fourth-order valence-electron chi connectivity index (χ4n) is 15.6. The first-order valence-electron chi connectivity index (χ1n) is 41.7. The van der Waals surface area contributed by atoms with Crippen molar-refractivity contribution in [1.82, 2.24) is 29.7 Å². The smallest absolute Gasteiger partial charge is 0.505 e. The monoisotopic (exact) mass is 2600 g/mol. The van der Waals surface area contributed by atoms with Crippen LogP contribution in [-0.2, 0) is 59.7 Å². The normalized spacial score (nSPS) is 12.3. The number of phenols is 5. The van der Waals surface area contributed by atoms with Crippen LogP contribution in [0.15, 0.2) is 302 Å². The lowest BCUT2D eigenvalue weighted by atomic mass is 10.1. The molecule has 0 spiro atoms. The van der Waals surface area contributed by atoms with E-state index in [1.54, 1.807) is 123 Å². The van der Waals surface area contributed by atoms with Crippen molar-refractivity contribution in [3.8, 4) is 67.7 Å². The third-order valence-corrected chi connectivity index (χ3v) is 37.0. The Bertz CT molecular complexity index is 9250. The lowest BCUT2D eigenvalue weighted by Gasteiger charge is -2.30. The molecule has 1 aliphatic rings. The number of rotatable bonds is 15. The van der Waals surface area contributed by atoms with Gasteiger partial charge in [0, 0.05) is 122 Å². The van der Waals surface area contributed by atoms with E-state index in [9.17, 15) is 85.6 Å². The summed E-state index contributed by atoms with van der Waals surface area (Å²) in [6.07, 6.45) is -1.19. The van der Waals surface area contributed by atoms with Crippen LogP contribution in [0, 0.1) is 20.8 Å². The molecule has 0 radical (unpaired) electrons. The Morgan fingerprint density at radius 3 is 1.26 bits per heavy atom. The second kappa shape index (κ2) is 43.9. The molecule has 5 N–H and O–H groups in total. The maximum absolute atomic E-state index is 13.9. The number of carbonyl (C=O) groups excluding carboxylic acids is 3. The van der Waals surface area contributed by atoms with Crippen molar-refractivity contribution in [2.75, 3.05) is 13.1 Å². The number of thiophene rings is 1. The largest absolute Gasteiger partial charge is 0.574 e.